The molecular formula is C24H22N6O4S. The van der Waals surface area contributed by atoms with Crippen molar-refractivity contribution in [1.82, 2.24) is 19.7 Å². The van der Waals surface area contributed by atoms with E-state index < -0.39 is 0 Å². The van der Waals surface area contributed by atoms with E-state index in [2.05, 4.69) is 25.7 Å². The van der Waals surface area contributed by atoms with E-state index in [0.717, 1.165) is 5.56 Å². The minimum Gasteiger partial charge on any atom is -0.508 e. The van der Waals surface area contributed by atoms with Crippen LogP contribution in [0.25, 0.3) is 11.4 Å². The predicted molar refractivity (Wildman–Crippen MR) is 132 cm³/mol. The number of hydrogen-bond acceptors (Lipinski definition) is 8. The standard InChI is InChI=1S/C24H22N6O4S/c1-34-20-7-5-17(6-8-20)26-22(33)15-35-24-28-23(16-9-11-25-12-10-16)29-30(24)14-21(32)27-18-3-2-4-19(31)13-18/h2-13,31H,14-15H2,1H3,(H,26,33)(H,27,32). The van der Waals surface area contributed by atoms with Gasteiger partial charge in [0.1, 0.15) is 18.0 Å². The molecule has 0 fully saturated rings. The summed E-state index contributed by atoms with van der Waals surface area (Å²) in [5.41, 5.74) is 1.83. The molecule has 35 heavy (non-hydrogen) atoms. The molecular weight excluding hydrogens is 468 g/mol. The Hall–Kier alpha value is -4.38. The van der Waals surface area contributed by atoms with Crippen LogP contribution in [0.5, 0.6) is 11.5 Å². The fourth-order valence-corrected chi connectivity index (χ4v) is 3.82. The maximum atomic E-state index is 12.6. The van der Waals surface area contributed by atoms with Crippen LogP contribution in [-0.4, -0.2) is 49.5 Å². The summed E-state index contributed by atoms with van der Waals surface area (Å²) in [4.78, 5) is 33.7. The quantitative estimate of drug-likeness (QED) is 0.304. The summed E-state index contributed by atoms with van der Waals surface area (Å²) < 4.78 is 6.57. The monoisotopic (exact) mass is 490 g/mol. The molecule has 2 aromatic carbocycles. The first-order valence-corrected chi connectivity index (χ1v) is 11.5. The first-order chi connectivity index (χ1) is 17.0. The highest BCUT2D eigenvalue weighted by molar-refractivity contribution is 7.99. The highest BCUT2D eigenvalue weighted by atomic mass is 32.2. The largest absolute Gasteiger partial charge is 0.508 e. The van der Waals surface area contributed by atoms with Crippen molar-refractivity contribution >= 4 is 35.0 Å². The molecule has 2 amide bonds. The lowest BCUT2D eigenvalue weighted by Gasteiger charge is -2.08. The van der Waals surface area contributed by atoms with Gasteiger partial charge in [-0.25, -0.2) is 9.67 Å². The lowest BCUT2D eigenvalue weighted by molar-refractivity contribution is -0.117. The van der Waals surface area contributed by atoms with Gasteiger partial charge in [0, 0.05) is 35.4 Å². The second kappa shape index (κ2) is 11.2. The number of carbonyl (C=O) groups is 2. The Morgan fingerprint density at radius 1 is 1.00 bits per heavy atom. The van der Waals surface area contributed by atoms with Crippen molar-refractivity contribution in [3.05, 3.63) is 73.1 Å². The van der Waals surface area contributed by atoms with E-state index in [4.69, 9.17) is 4.74 Å². The molecule has 11 heteroatoms. The number of phenols is 1. The van der Waals surface area contributed by atoms with E-state index >= 15 is 0 Å². The third kappa shape index (κ3) is 6.58. The number of amides is 2. The number of thioether (sulfide) groups is 1. The van der Waals surface area contributed by atoms with Gasteiger partial charge in [-0.1, -0.05) is 17.8 Å². The molecule has 2 heterocycles. The van der Waals surface area contributed by atoms with Crippen LogP contribution in [0.15, 0.2) is 78.2 Å². The Kier molecular flexibility index (Phi) is 7.58. The average Bonchev–Trinajstić information content (AvgIpc) is 3.26. The number of methoxy groups -OCH3 is 1. The summed E-state index contributed by atoms with van der Waals surface area (Å²) in [5.74, 6) is 0.626. The van der Waals surface area contributed by atoms with Crippen LogP contribution in [0.2, 0.25) is 0 Å². The number of pyridine rings is 1. The lowest BCUT2D eigenvalue weighted by Crippen LogP contribution is -2.20. The van der Waals surface area contributed by atoms with Gasteiger partial charge in [0.15, 0.2) is 11.0 Å². The van der Waals surface area contributed by atoms with E-state index in [1.807, 2.05) is 0 Å². The average molecular weight is 491 g/mol. The van der Waals surface area contributed by atoms with Crippen LogP contribution >= 0.6 is 11.8 Å². The molecule has 0 radical (unpaired) electrons. The number of carbonyl (C=O) groups excluding carboxylic acids is 2. The number of rotatable bonds is 9. The van der Waals surface area contributed by atoms with Crippen LogP contribution in [0, 0.1) is 0 Å². The number of phenolic OH excluding ortho intramolecular Hbond substituents is 1. The van der Waals surface area contributed by atoms with Crippen molar-refractivity contribution < 1.29 is 19.4 Å². The van der Waals surface area contributed by atoms with Crippen LogP contribution in [-0.2, 0) is 16.1 Å². The molecule has 10 nitrogen and oxygen atoms in total. The van der Waals surface area contributed by atoms with Crippen molar-refractivity contribution in [3.8, 4) is 22.9 Å². The molecule has 0 saturated carbocycles. The molecule has 0 aliphatic heterocycles. The van der Waals surface area contributed by atoms with Gasteiger partial charge in [-0.15, -0.1) is 5.10 Å². The summed E-state index contributed by atoms with van der Waals surface area (Å²) in [6, 6.07) is 16.8. The fraction of sp³-hybridized carbons (Fsp3) is 0.125. The summed E-state index contributed by atoms with van der Waals surface area (Å²) in [6.45, 7) is -0.129. The Balaban J connectivity index is 1.46. The molecule has 0 aliphatic carbocycles. The number of aromatic nitrogens is 4. The zero-order valence-corrected chi connectivity index (χ0v) is 19.5. The summed E-state index contributed by atoms with van der Waals surface area (Å²) in [6.07, 6.45) is 3.25. The molecule has 4 aromatic rings. The molecule has 0 spiro atoms. The molecule has 2 aromatic heterocycles. The summed E-state index contributed by atoms with van der Waals surface area (Å²) in [5, 5.41) is 20.0. The number of aromatic hydroxyl groups is 1. The molecule has 4 rings (SSSR count). The summed E-state index contributed by atoms with van der Waals surface area (Å²) in [7, 11) is 1.57. The lowest BCUT2D eigenvalue weighted by atomic mass is 10.3. The molecule has 0 saturated heterocycles. The van der Waals surface area contributed by atoms with Gasteiger partial charge >= 0.3 is 0 Å². The smallest absolute Gasteiger partial charge is 0.246 e. The van der Waals surface area contributed by atoms with Crippen LogP contribution in [0.4, 0.5) is 11.4 Å². The second-order valence-electron chi connectivity index (χ2n) is 7.28. The van der Waals surface area contributed by atoms with Gasteiger partial charge in [-0.2, -0.15) is 0 Å². The van der Waals surface area contributed by atoms with E-state index in [-0.39, 0.29) is 29.9 Å². The van der Waals surface area contributed by atoms with E-state index in [0.29, 0.717) is 28.1 Å². The Morgan fingerprint density at radius 3 is 2.46 bits per heavy atom. The molecule has 0 bridgehead atoms. The van der Waals surface area contributed by atoms with Crippen molar-refractivity contribution in [2.75, 3.05) is 23.5 Å². The normalized spacial score (nSPS) is 10.5. The van der Waals surface area contributed by atoms with Gasteiger partial charge in [0.25, 0.3) is 0 Å². The maximum Gasteiger partial charge on any atom is 0.246 e. The highest BCUT2D eigenvalue weighted by Crippen LogP contribution is 2.23. The number of nitrogens with zero attached hydrogens (tertiary/aromatic N) is 4. The summed E-state index contributed by atoms with van der Waals surface area (Å²) >= 11 is 1.17. The Labute approximate surface area is 205 Å². The van der Waals surface area contributed by atoms with E-state index in [9.17, 15) is 14.7 Å². The fourth-order valence-electron chi connectivity index (χ4n) is 3.08. The minimum absolute atomic E-state index is 0.0441. The van der Waals surface area contributed by atoms with Gasteiger partial charge in [0.2, 0.25) is 11.8 Å². The Morgan fingerprint density at radius 2 is 1.74 bits per heavy atom. The van der Waals surface area contributed by atoms with Crippen molar-refractivity contribution in [2.24, 2.45) is 0 Å². The van der Waals surface area contributed by atoms with Crippen molar-refractivity contribution in [3.63, 3.8) is 0 Å². The first kappa shape index (κ1) is 23.8. The third-order valence-corrected chi connectivity index (χ3v) is 5.67. The van der Waals surface area contributed by atoms with Gasteiger partial charge in [-0.3, -0.25) is 14.6 Å². The topological polar surface area (TPSA) is 131 Å². The van der Waals surface area contributed by atoms with Gasteiger partial charge in [-0.05, 0) is 48.5 Å². The van der Waals surface area contributed by atoms with Crippen molar-refractivity contribution in [2.45, 2.75) is 11.7 Å². The minimum atomic E-state index is -0.355. The highest BCUT2D eigenvalue weighted by Gasteiger charge is 2.17. The van der Waals surface area contributed by atoms with Gasteiger partial charge in [0.05, 0.1) is 12.9 Å². The number of benzene rings is 2. The van der Waals surface area contributed by atoms with Crippen LogP contribution < -0.4 is 15.4 Å². The number of nitrogens with one attached hydrogen (secondary N) is 2. The predicted octanol–water partition coefficient (Wildman–Crippen LogP) is 3.42. The molecule has 178 valence electrons. The van der Waals surface area contributed by atoms with Crippen molar-refractivity contribution in [1.29, 1.82) is 0 Å². The zero-order valence-electron chi connectivity index (χ0n) is 18.7. The number of hydrogen-bond donors (Lipinski definition) is 3. The molecule has 0 unspecified atom stereocenters. The van der Waals surface area contributed by atoms with Crippen LogP contribution in [0.3, 0.4) is 0 Å². The second-order valence-corrected chi connectivity index (χ2v) is 8.22. The maximum absolute atomic E-state index is 12.6. The van der Waals surface area contributed by atoms with Gasteiger partial charge < -0.3 is 20.5 Å². The molecule has 0 aliphatic rings. The molecule has 3 N–H and O–H groups in total. The van der Waals surface area contributed by atoms with E-state index in [1.54, 1.807) is 68.0 Å². The Bertz CT molecular complexity index is 1310. The zero-order chi connectivity index (χ0) is 24.6. The third-order valence-electron chi connectivity index (χ3n) is 4.71. The van der Waals surface area contributed by atoms with Crippen LogP contribution in [0.1, 0.15) is 0 Å². The number of anilines is 2. The van der Waals surface area contributed by atoms with E-state index in [1.165, 1.54) is 28.6 Å². The number of ether oxygens (including phenoxy) is 1. The molecule has 0 atom stereocenters. The SMILES string of the molecule is COc1ccc(NC(=O)CSc2nc(-c3ccncc3)nn2CC(=O)Nc2cccc(O)c2)cc1. The first-order valence-electron chi connectivity index (χ1n) is 10.5.